The smallest absolute Gasteiger partial charge is 0.253 e. The van der Waals surface area contributed by atoms with Gasteiger partial charge in [-0.25, -0.2) is 14.4 Å². The molecule has 0 spiro atoms. The minimum absolute atomic E-state index is 0.258. The Morgan fingerprint density at radius 1 is 1.10 bits per heavy atom. The van der Waals surface area contributed by atoms with Crippen LogP contribution in [0.5, 0.6) is 0 Å². The number of nitrogens with zero attached hydrogens (tertiary/aromatic N) is 3. The quantitative estimate of drug-likeness (QED) is 0.526. The van der Waals surface area contributed by atoms with Crippen molar-refractivity contribution in [2.75, 3.05) is 0 Å². The van der Waals surface area contributed by atoms with Crippen molar-refractivity contribution < 1.29 is 8.78 Å². The molecule has 4 rings (SSSR count). The number of hydrogen-bond donors (Lipinski definition) is 1. The van der Waals surface area contributed by atoms with Crippen LogP contribution in [-0.2, 0) is 26.3 Å². The van der Waals surface area contributed by atoms with Crippen LogP contribution in [-0.4, -0.2) is 19.5 Å². The van der Waals surface area contributed by atoms with Gasteiger partial charge in [0.05, 0.1) is 0 Å². The van der Waals surface area contributed by atoms with Crippen LogP contribution in [0.15, 0.2) is 47.7 Å². The van der Waals surface area contributed by atoms with Crippen LogP contribution in [0, 0.1) is 18.7 Å². The van der Waals surface area contributed by atoms with Gasteiger partial charge in [-0.15, -0.1) is 0 Å². The van der Waals surface area contributed by atoms with Gasteiger partial charge in [0, 0.05) is 54.3 Å². The second-order valence-electron chi connectivity index (χ2n) is 7.25. The first-order valence-electron chi connectivity index (χ1n) is 9.32. The Bertz CT molecular complexity index is 1260. The Kier molecular flexibility index (Phi) is 4.96. The highest BCUT2D eigenvalue weighted by Gasteiger charge is 2.12. The molecule has 29 heavy (non-hydrogen) atoms. The van der Waals surface area contributed by atoms with Gasteiger partial charge in [0.15, 0.2) is 0 Å². The summed E-state index contributed by atoms with van der Waals surface area (Å²) in [5.41, 5.74) is 3.86. The van der Waals surface area contributed by atoms with Gasteiger partial charge in [0.1, 0.15) is 11.5 Å². The Hall–Kier alpha value is -3.35. The molecule has 0 aliphatic rings. The minimum atomic E-state index is -0.537. The molecule has 0 aromatic carbocycles. The van der Waals surface area contributed by atoms with Crippen molar-refractivity contribution in [1.82, 2.24) is 19.5 Å². The molecule has 0 amide bonds. The van der Waals surface area contributed by atoms with Crippen LogP contribution >= 0.6 is 0 Å². The average Bonchev–Trinajstić information content (AvgIpc) is 3.07. The van der Waals surface area contributed by atoms with Gasteiger partial charge in [-0.1, -0.05) is 6.07 Å². The molecule has 0 radical (unpaired) electrons. The summed E-state index contributed by atoms with van der Waals surface area (Å²) in [4.78, 5) is 23.5. The van der Waals surface area contributed by atoms with Gasteiger partial charge in [0.2, 0.25) is 5.95 Å². The van der Waals surface area contributed by atoms with Crippen molar-refractivity contribution in [2.45, 2.75) is 26.2 Å². The third kappa shape index (κ3) is 3.94. The van der Waals surface area contributed by atoms with E-state index in [1.54, 1.807) is 18.3 Å². The lowest BCUT2D eigenvalue weighted by molar-refractivity contribution is 0.562. The van der Waals surface area contributed by atoms with E-state index in [1.807, 2.05) is 19.2 Å². The second kappa shape index (κ2) is 7.58. The number of halogens is 2. The summed E-state index contributed by atoms with van der Waals surface area (Å²) in [6.45, 7) is 1.96. The van der Waals surface area contributed by atoms with E-state index in [9.17, 15) is 13.6 Å². The van der Waals surface area contributed by atoms with Crippen molar-refractivity contribution >= 4 is 11.0 Å². The zero-order valence-electron chi connectivity index (χ0n) is 16.2. The van der Waals surface area contributed by atoms with Crippen molar-refractivity contribution in [3.8, 4) is 0 Å². The fourth-order valence-corrected chi connectivity index (χ4v) is 3.46. The number of nitrogens with one attached hydrogen (secondary N) is 1. The Morgan fingerprint density at radius 3 is 2.72 bits per heavy atom. The average molecular weight is 394 g/mol. The number of aryl methyl sites for hydroxylation is 4. The van der Waals surface area contributed by atoms with Gasteiger partial charge in [-0.3, -0.25) is 4.79 Å². The summed E-state index contributed by atoms with van der Waals surface area (Å²) in [7, 11) is 1.50. The minimum Gasteiger partial charge on any atom is -0.346 e. The lowest BCUT2D eigenvalue weighted by Gasteiger charge is -2.07. The molecule has 0 atom stereocenters. The molecule has 1 N–H and O–H groups in total. The summed E-state index contributed by atoms with van der Waals surface area (Å²) >= 11 is 0. The number of aromatic nitrogens is 4. The fraction of sp³-hybridized carbons (Fsp3) is 0.227. The van der Waals surface area contributed by atoms with E-state index in [-0.39, 0.29) is 5.56 Å². The molecule has 0 aliphatic heterocycles. The SMILES string of the molecule is Cc1cnc2[nH]cc(Cc3ccc(CCc4cc(F)cn(C)c4=O)nc3F)c2c1. The lowest BCUT2D eigenvalue weighted by atomic mass is 10.0. The maximum atomic E-state index is 14.6. The maximum absolute atomic E-state index is 14.6. The summed E-state index contributed by atoms with van der Waals surface area (Å²) in [5, 5.41) is 0.968. The van der Waals surface area contributed by atoms with Crippen LogP contribution in [0.3, 0.4) is 0 Å². The molecule has 0 aliphatic carbocycles. The molecule has 7 heteroatoms. The third-order valence-corrected chi connectivity index (χ3v) is 4.99. The molecule has 0 unspecified atom stereocenters. The molecular weight excluding hydrogens is 374 g/mol. The van der Waals surface area contributed by atoms with Crippen molar-refractivity contribution in [2.24, 2.45) is 7.05 Å². The van der Waals surface area contributed by atoms with E-state index in [1.165, 1.54) is 17.7 Å². The van der Waals surface area contributed by atoms with Gasteiger partial charge >= 0.3 is 0 Å². The number of H-pyrrole nitrogens is 1. The zero-order chi connectivity index (χ0) is 20.5. The van der Waals surface area contributed by atoms with Gasteiger partial charge in [-0.05, 0) is 49.1 Å². The highest BCUT2D eigenvalue weighted by atomic mass is 19.1. The molecule has 0 saturated heterocycles. The molecule has 4 heterocycles. The zero-order valence-corrected chi connectivity index (χ0v) is 16.2. The van der Waals surface area contributed by atoms with Crippen LogP contribution in [0.25, 0.3) is 11.0 Å². The van der Waals surface area contributed by atoms with E-state index in [2.05, 4.69) is 15.0 Å². The third-order valence-electron chi connectivity index (χ3n) is 4.99. The van der Waals surface area contributed by atoms with Crippen LogP contribution < -0.4 is 5.56 Å². The van der Waals surface area contributed by atoms with Crippen LogP contribution in [0.4, 0.5) is 8.78 Å². The van der Waals surface area contributed by atoms with E-state index in [4.69, 9.17) is 0 Å². The Balaban J connectivity index is 1.52. The highest BCUT2D eigenvalue weighted by Crippen LogP contribution is 2.22. The van der Waals surface area contributed by atoms with Gasteiger partial charge < -0.3 is 9.55 Å². The monoisotopic (exact) mass is 394 g/mol. The molecule has 0 fully saturated rings. The fourth-order valence-electron chi connectivity index (χ4n) is 3.46. The Morgan fingerprint density at radius 2 is 1.93 bits per heavy atom. The van der Waals surface area contributed by atoms with Crippen LogP contribution in [0.1, 0.15) is 27.9 Å². The topological polar surface area (TPSA) is 63.6 Å². The number of rotatable bonds is 5. The predicted molar refractivity (Wildman–Crippen MR) is 107 cm³/mol. The molecule has 4 aromatic rings. The first kappa shape index (κ1) is 19.0. The van der Waals surface area contributed by atoms with Gasteiger partial charge in [-0.2, -0.15) is 4.39 Å². The molecule has 5 nitrogen and oxygen atoms in total. The van der Waals surface area contributed by atoms with Crippen molar-refractivity contribution in [1.29, 1.82) is 0 Å². The van der Waals surface area contributed by atoms with Gasteiger partial charge in [0.25, 0.3) is 5.56 Å². The summed E-state index contributed by atoms with van der Waals surface area (Å²) < 4.78 is 29.3. The Labute approximate surface area is 166 Å². The normalized spacial score (nSPS) is 11.3. The number of fused-ring (bicyclic) bond motifs is 1. The predicted octanol–water partition coefficient (Wildman–Crippen LogP) is 3.62. The first-order valence-corrected chi connectivity index (χ1v) is 9.32. The van der Waals surface area contributed by atoms with Crippen molar-refractivity contribution in [3.05, 3.63) is 92.9 Å². The molecule has 0 saturated carbocycles. The molecule has 4 aromatic heterocycles. The number of pyridine rings is 3. The summed E-state index contributed by atoms with van der Waals surface area (Å²) in [6, 6.07) is 6.71. The standard InChI is InChI=1S/C22H20F2N4O/c1-13-7-19-16(11-26-21(19)25-10-13)8-14-3-5-18(27-20(14)24)6-4-15-9-17(23)12-28(2)22(15)29/h3,5,7,9-12H,4,6,8H2,1-2H3,(H,25,26). The second-order valence-corrected chi connectivity index (χ2v) is 7.25. The molecule has 0 bridgehead atoms. The largest absolute Gasteiger partial charge is 0.346 e. The lowest BCUT2D eigenvalue weighted by Crippen LogP contribution is -2.21. The van der Waals surface area contributed by atoms with E-state index < -0.39 is 11.8 Å². The molecule has 148 valence electrons. The van der Waals surface area contributed by atoms with Crippen molar-refractivity contribution in [3.63, 3.8) is 0 Å². The van der Waals surface area contributed by atoms with E-state index in [0.717, 1.165) is 28.4 Å². The molecular formula is C22H20F2N4O. The number of hydrogen-bond acceptors (Lipinski definition) is 3. The summed E-state index contributed by atoms with van der Waals surface area (Å²) in [6.07, 6.45) is 5.81. The number of aromatic amines is 1. The summed E-state index contributed by atoms with van der Waals surface area (Å²) in [5.74, 6) is -1.01. The highest BCUT2D eigenvalue weighted by molar-refractivity contribution is 5.80. The maximum Gasteiger partial charge on any atom is 0.253 e. The van der Waals surface area contributed by atoms with Crippen LogP contribution in [0.2, 0.25) is 0 Å². The van der Waals surface area contributed by atoms with E-state index >= 15 is 0 Å². The van der Waals surface area contributed by atoms with E-state index in [0.29, 0.717) is 36.1 Å². The first-order chi connectivity index (χ1) is 13.9.